The Hall–Kier alpha value is -1.92. The number of nitrogens with zero attached hydrogens (tertiary/aromatic N) is 2. The molecule has 2 rings (SSSR count). The molecular weight excluding hydrogens is 344 g/mol. The summed E-state index contributed by atoms with van der Waals surface area (Å²) in [5.74, 6) is 0.787. The maximum atomic E-state index is 5.60. The molecule has 0 fully saturated rings. The highest BCUT2D eigenvalue weighted by Gasteiger charge is 2.24. The van der Waals surface area contributed by atoms with Gasteiger partial charge in [0.1, 0.15) is 5.01 Å². The Labute approximate surface area is 160 Å². The molecular formula is C20H30N4OS. The van der Waals surface area contributed by atoms with Crippen molar-refractivity contribution < 1.29 is 4.74 Å². The predicted octanol–water partition coefficient (Wildman–Crippen LogP) is 3.93. The Kier molecular flexibility index (Phi) is 7.60. The number of hydrogen-bond donors (Lipinski definition) is 2. The normalized spacial score (nSPS) is 13.5. The van der Waals surface area contributed by atoms with Crippen LogP contribution >= 0.6 is 11.3 Å². The maximum absolute atomic E-state index is 5.60. The minimum absolute atomic E-state index is 0.0684. The smallest absolute Gasteiger partial charge is 0.191 e. The van der Waals surface area contributed by atoms with E-state index in [9.17, 15) is 0 Å². The molecule has 0 aliphatic heterocycles. The lowest BCUT2D eigenvalue weighted by molar-refractivity contribution is 0.0205. The summed E-state index contributed by atoms with van der Waals surface area (Å²) in [6.45, 7) is 10.7. The number of rotatable bonds is 7. The van der Waals surface area contributed by atoms with Gasteiger partial charge in [-0.2, -0.15) is 0 Å². The lowest BCUT2D eigenvalue weighted by atomic mass is 9.89. The lowest BCUT2D eigenvalue weighted by Crippen LogP contribution is -2.45. The molecule has 0 aliphatic rings. The van der Waals surface area contributed by atoms with Crippen LogP contribution in [0.25, 0.3) is 11.3 Å². The van der Waals surface area contributed by atoms with Gasteiger partial charge in [-0.3, -0.25) is 0 Å². The van der Waals surface area contributed by atoms with Crippen LogP contribution in [0.3, 0.4) is 0 Å². The fourth-order valence-electron chi connectivity index (χ4n) is 2.55. The molecule has 2 N–H and O–H groups in total. The van der Waals surface area contributed by atoms with E-state index in [4.69, 9.17) is 9.72 Å². The first kappa shape index (κ1) is 20.4. The van der Waals surface area contributed by atoms with Crippen molar-refractivity contribution >= 4 is 17.3 Å². The third-order valence-electron chi connectivity index (χ3n) is 4.04. The summed E-state index contributed by atoms with van der Waals surface area (Å²) < 4.78 is 5.60. The molecule has 1 aromatic heterocycles. The summed E-state index contributed by atoms with van der Waals surface area (Å²) >= 11 is 1.64. The molecule has 1 atom stereocenters. The standard InChI is InChI=1S/C20H30N4OS/c1-6-21-19(22-12-17(25-5)20(2,3)4)23-13-18-24-16(14-26-18)15-10-8-7-9-11-15/h7-11,14,17H,6,12-13H2,1-5H3,(H2,21,22,23). The molecule has 0 spiro atoms. The Balaban J connectivity index is 1.99. The number of ether oxygens (including phenoxy) is 1. The van der Waals surface area contributed by atoms with Gasteiger partial charge in [0.15, 0.2) is 5.96 Å². The second-order valence-corrected chi connectivity index (χ2v) is 8.10. The number of benzene rings is 1. The topological polar surface area (TPSA) is 58.5 Å². The van der Waals surface area contributed by atoms with Gasteiger partial charge in [-0.05, 0) is 12.3 Å². The summed E-state index contributed by atoms with van der Waals surface area (Å²) in [6, 6.07) is 10.2. The fraction of sp³-hybridized carbons (Fsp3) is 0.500. The Morgan fingerprint density at radius 2 is 1.96 bits per heavy atom. The largest absolute Gasteiger partial charge is 0.379 e. The number of aliphatic imine (C=N–C) groups is 1. The zero-order valence-electron chi connectivity index (χ0n) is 16.4. The van der Waals surface area contributed by atoms with Gasteiger partial charge in [-0.25, -0.2) is 9.98 Å². The third-order valence-corrected chi connectivity index (χ3v) is 4.88. The summed E-state index contributed by atoms with van der Waals surface area (Å²) in [6.07, 6.45) is 0.107. The van der Waals surface area contributed by atoms with Crippen molar-refractivity contribution in [2.45, 2.75) is 40.3 Å². The SMILES string of the molecule is CCNC(=NCc1nc(-c2ccccc2)cs1)NCC(OC)C(C)(C)C. The Bertz CT molecular complexity index is 691. The highest BCUT2D eigenvalue weighted by molar-refractivity contribution is 7.09. The molecule has 0 saturated carbocycles. The van der Waals surface area contributed by atoms with Gasteiger partial charge < -0.3 is 15.4 Å². The highest BCUT2D eigenvalue weighted by atomic mass is 32.1. The van der Waals surface area contributed by atoms with Gasteiger partial charge >= 0.3 is 0 Å². The molecule has 0 amide bonds. The molecule has 1 aromatic carbocycles. The van der Waals surface area contributed by atoms with E-state index in [-0.39, 0.29) is 11.5 Å². The molecule has 1 unspecified atom stereocenters. The molecule has 2 aromatic rings. The molecule has 0 saturated heterocycles. The van der Waals surface area contributed by atoms with Crippen LogP contribution in [-0.4, -0.2) is 37.2 Å². The van der Waals surface area contributed by atoms with Crippen molar-refractivity contribution in [1.82, 2.24) is 15.6 Å². The maximum Gasteiger partial charge on any atom is 0.191 e. The molecule has 6 heteroatoms. The zero-order valence-corrected chi connectivity index (χ0v) is 17.2. The molecule has 142 valence electrons. The van der Waals surface area contributed by atoms with Gasteiger partial charge in [0, 0.05) is 31.1 Å². The van der Waals surface area contributed by atoms with E-state index in [1.54, 1.807) is 18.4 Å². The summed E-state index contributed by atoms with van der Waals surface area (Å²) in [7, 11) is 1.75. The minimum Gasteiger partial charge on any atom is -0.379 e. The van der Waals surface area contributed by atoms with Crippen molar-refractivity contribution in [3.05, 3.63) is 40.7 Å². The van der Waals surface area contributed by atoms with Gasteiger partial charge in [0.25, 0.3) is 0 Å². The first-order valence-corrected chi connectivity index (χ1v) is 9.86. The lowest BCUT2D eigenvalue weighted by Gasteiger charge is -2.30. The van der Waals surface area contributed by atoms with E-state index in [2.05, 4.69) is 60.8 Å². The van der Waals surface area contributed by atoms with Crippen LogP contribution in [0.2, 0.25) is 0 Å². The Morgan fingerprint density at radius 1 is 1.23 bits per heavy atom. The van der Waals surface area contributed by atoms with Gasteiger partial charge in [-0.15, -0.1) is 11.3 Å². The van der Waals surface area contributed by atoms with E-state index in [1.807, 2.05) is 18.2 Å². The fourth-order valence-corrected chi connectivity index (χ4v) is 3.27. The summed E-state index contributed by atoms with van der Waals surface area (Å²) in [4.78, 5) is 9.36. The van der Waals surface area contributed by atoms with Crippen molar-refractivity contribution in [1.29, 1.82) is 0 Å². The van der Waals surface area contributed by atoms with E-state index in [0.29, 0.717) is 13.1 Å². The predicted molar refractivity (Wildman–Crippen MR) is 111 cm³/mol. The molecule has 0 aliphatic carbocycles. The molecule has 5 nitrogen and oxygen atoms in total. The highest BCUT2D eigenvalue weighted by Crippen LogP contribution is 2.22. The average molecular weight is 375 g/mol. The van der Waals surface area contributed by atoms with Crippen LogP contribution in [0.5, 0.6) is 0 Å². The molecule has 0 radical (unpaired) electrons. The van der Waals surface area contributed by atoms with Crippen molar-refractivity contribution in [3.8, 4) is 11.3 Å². The van der Waals surface area contributed by atoms with Crippen LogP contribution in [0, 0.1) is 5.41 Å². The van der Waals surface area contributed by atoms with Crippen LogP contribution in [0.15, 0.2) is 40.7 Å². The van der Waals surface area contributed by atoms with Crippen LogP contribution < -0.4 is 10.6 Å². The number of methoxy groups -OCH3 is 1. The zero-order chi connectivity index (χ0) is 19.0. The van der Waals surface area contributed by atoms with E-state index < -0.39 is 0 Å². The minimum atomic E-state index is 0.0684. The van der Waals surface area contributed by atoms with Crippen LogP contribution in [0.4, 0.5) is 0 Å². The van der Waals surface area contributed by atoms with Crippen LogP contribution in [0.1, 0.15) is 32.7 Å². The number of nitrogens with one attached hydrogen (secondary N) is 2. The van der Waals surface area contributed by atoms with Crippen molar-refractivity contribution in [2.75, 3.05) is 20.2 Å². The van der Waals surface area contributed by atoms with E-state index in [0.717, 1.165) is 28.8 Å². The first-order chi connectivity index (χ1) is 12.4. The number of hydrogen-bond acceptors (Lipinski definition) is 4. The third kappa shape index (κ3) is 6.11. The van der Waals surface area contributed by atoms with E-state index >= 15 is 0 Å². The van der Waals surface area contributed by atoms with Gasteiger partial charge in [0.05, 0.1) is 18.3 Å². The summed E-state index contributed by atoms with van der Waals surface area (Å²) in [5.41, 5.74) is 2.21. The summed E-state index contributed by atoms with van der Waals surface area (Å²) in [5, 5.41) is 9.74. The number of aromatic nitrogens is 1. The monoisotopic (exact) mass is 374 g/mol. The van der Waals surface area contributed by atoms with Gasteiger partial charge in [0.2, 0.25) is 0 Å². The molecule has 1 heterocycles. The van der Waals surface area contributed by atoms with Crippen molar-refractivity contribution in [3.63, 3.8) is 0 Å². The average Bonchev–Trinajstić information content (AvgIpc) is 3.08. The molecule has 0 bridgehead atoms. The number of thiazole rings is 1. The number of guanidine groups is 1. The molecule has 26 heavy (non-hydrogen) atoms. The first-order valence-electron chi connectivity index (χ1n) is 8.98. The quantitative estimate of drug-likeness (QED) is 0.569. The van der Waals surface area contributed by atoms with E-state index in [1.165, 1.54) is 0 Å². The second-order valence-electron chi connectivity index (χ2n) is 7.16. The second kappa shape index (κ2) is 9.69. The van der Waals surface area contributed by atoms with Gasteiger partial charge in [-0.1, -0.05) is 51.1 Å². The Morgan fingerprint density at radius 3 is 2.58 bits per heavy atom. The van der Waals surface area contributed by atoms with Crippen molar-refractivity contribution in [2.24, 2.45) is 10.4 Å². The van der Waals surface area contributed by atoms with Crippen LogP contribution in [-0.2, 0) is 11.3 Å².